The topological polar surface area (TPSA) is 81.1 Å². The van der Waals surface area contributed by atoms with Gasteiger partial charge in [0.15, 0.2) is 0 Å². The summed E-state index contributed by atoms with van der Waals surface area (Å²) in [5.41, 5.74) is 5.92. The third kappa shape index (κ3) is 2.03. The van der Waals surface area contributed by atoms with Crippen LogP contribution in [0.5, 0.6) is 0 Å². The second-order valence-electron chi connectivity index (χ2n) is 2.74. The van der Waals surface area contributed by atoms with Crippen LogP contribution >= 0.6 is 0 Å². The maximum Gasteiger partial charge on any atom is 0.320 e. The van der Waals surface area contributed by atoms with E-state index >= 15 is 0 Å². The van der Waals surface area contributed by atoms with Gasteiger partial charge < -0.3 is 10.8 Å². The molecule has 0 unspecified atom stereocenters. The Morgan fingerprint density at radius 3 is 2.92 bits per heavy atom. The number of hydrogen-bond donors (Lipinski definition) is 2. The van der Waals surface area contributed by atoms with Gasteiger partial charge in [-0.1, -0.05) is 4.48 Å². The Hall–Kier alpha value is -1.43. The van der Waals surface area contributed by atoms with Gasteiger partial charge in [0.2, 0.25) is 0 Å². The average Bonchev–Trinajstić information content (AvgIpc) is 2.36. The average molecular weight is 187 g/mol. The van der Waals surface area contributed by atoms with Gasteiger partial charge in [0.25, 0.3) is 0 Å². The minimum atomic E-state index is -1.12. The fourth-order valence-electron chi connectivity index (χ4n) is 0.920. The summed E-state index contributed by atoms with van der Waals surface area (Å²) >= 11 is 0. The summed E-state index contributed by atoms with van der Waals surface area (Å²) in [5, 5.41) is 8.49. The van der Waals surface area contributed by atoms with Crippen molar-refractivity contribution in [2.75, 3.05) is 0 Å². The van der Waals surface area contributed by atoms with E-state index in [1.165, 1.54) is 6.92 Å². The molecule has 1 heterocycles. The highest BCUT2D eigenvalue weighted by molar-refractivity contribution is 5.73. The molecule has 72 valence electrons. The summed E-state index contributed by atoms with van der Waals surface area (Å²) in [6, 6.07) is -1.03. The first-order valence-corrected chi connectivity index (χ1v) is 3.69. The molecule has 0 radical (unpaired) electrons. The van der Waals surface area contributed by atoms with Crippen LogP contribution in [0.15, 0.2) is 6.33 Å². The van der Waals surface area contributed by atoms with Crippen LogP contribution in [-0.4, -0.2) is 26.9 Å². The molecular weight excluding hydrogens is 177 g/mol. The Morgan fingerprint density at radius 1 is 1.92 bits per heavy atom. The molecule has 0 aliphatic heterocycles. The van der Waals surface area contributed by atoms with Crippen LogP contribution in [0, 0.1) is 6.92 Å². The molecule has 0 aliphatic rings. The first-order chi connectivity index (χ1) is 6.02. The van der Waals surface area contributed by atoms with Gasteiger partial charge in [0, 0.05) is 6.42 Å². The largest absolute Gasteiger partial charge is 0.480 e. The molecule has 0 bridgehead atoms. The van der Waals surface area contributed by atoms with Gasteiger partial charge in [0.1, 0.15) is 12.4 Å². The molecule has 0 saturated heterocycles. The molecule has 0 amide bonds. The zero-order valence-corrected chi connectivity index (χ0v) is 7.07. The Bertz CT molecular complexity index is 324. The van der Waals surface area contributed by atoms with Crippen molar-refractivity contribution in [3.63, 3.8) is 0 Å². The zero-order valence-electron chi connectivity index (χ0n) is 7.07. The fraction of sp³-hybridized carbons (Fsp3) is 0.429. The molecule has 13 heavy (non-hydrogen) atoms. The Morgan fingerprint density at radius 2 is 2.54 bits per heavy atom. The lowest BCUT2D eigenvalue weighted by Gasteiger charge is -2.03. The highest BCUT2D eigenvalue weighted by Gasteiger charge is 2.16. The standard InChI is InChI=1S/C7H10FN3O2/c1-4-6(10-3-11(4)8)2-5(9)7(12)13/h3,5H,2,9H2,1H3,(H,12,13)/t5-/m0/s1. The number of nitrogens with zero attached hydrogens (tertiary/aromatic N) is 2. The number of rotatable bonds is 3. The van der Waals surface area contributed by atoms with E-state index in [1.54, 1.807) is 0 Å². The summed E-state index contributed by atoms with van der Waals surface area (Å²) in [4.78, 5) is 14.4. The fourth-order valence-corrected chi connectivity index (χ4v) is 0.920. The number of imidazole rings is 1. The lowest BCUT2D eigenvalue weighted by molar-refractivity contribution is -0.138. The molecular formula is C7H10FN3O2. The summed E-state index contributed by atoms with van der Waals surface area (Å²) in [7, 11) is 0. The van der Waals surface area contributed by atoms with Crippen molar-refractivity contribution in [1.82, 2.24) is 9.77 Å². The first kappa shape index (κ1) is 9.66. The highest BCUT2D eigenvalue weighted by Crippen LogP contribution is 2.07. The molecule has 5 nitrogen and oxygen atoms in total. The van der Waals surface area contributed by atoms with Gasteiger partial charge in [-0.2, -0.15) is 4.79 Å². The van der Waals surface area contributed by atoms with E-state index < -0.39 is 12.0 Å². The van der Waals surface area contributed by atoms with E-state index in [-0.39, 0.29) is 12.1 Å². The van der Waals surface area contributed by atoms with Crippen molar-refractivity contribution in [3.05, 3.63) is 17.7 Å². The van der Waals surface area contributed by atoms with Crippen molar-refractivity contribution in [2.24, 2.45) is 5.73 Å². The zero-order chi connectivity index (χ0) is 10.0. The number of nitrogens with two attached hydrogens (primary N) is 1. The number of hydrogen-bond acceptors (Lipinski definition) is 3. The third-order valence-corrected chi connectivity index (χ3v) is 1.78. The van der Waals surface area contributed by atoms with Crippen molar-refractivity contribution in [1.29, 1.82) is 0 Å². The van der Waals surface area contributed by atoms with Crippen molar-refractivity contribution in [3.8, 4) is 0 Å². The molecule has 1 rings (SSSR count). The normalized spacial score (nSPS) is 12.8. The van der Waals surface area contributed by atoms with E-state index in [9.17, 15) is 9.28 Å². The van der Waals surface area contributed by atoms with Gasteiger partial charge in [-0.3, -0.25) is 4.79 Å². The van der Waals surface area contributed by atoms with Gasteiger partial charge in [-0.15, -0.1) is 0 Å². The number of carboxylic acid groups (broad SMARTS) is 1. The SMILES string of the molecule is Cc1c(C[C@H](N)C(=O)O)ncn1F. The van der Waals surface area contributed by atoms with E-state index in [1.807, 2.05) is 0 Å². The van der Waals surface area contributed by atoms with Crippen LogP contribution in [0.4, 0.5) is 4.48 Å². The lowest BCUT2D eigenvalue weighted by atomic mass is 10.1. The summed E-state index contributed by atoms with van der Waals surface area (Å²) in [6.45, 7) is 1.51. The summed E-state index contributed by atoms with van der Waals surface area (Å²) < 4.78 is 12.7. The van der Waals surface area contributed by atoms with Crippen LogP contribution in [0.3, 0.4) is 0 Å². The Labute approximate surface area is 73.9 Å². The molecule has 1 atom stereocenters. The van der Waals surface area contributed by atoms with Gasteiger partial charge in [0.05, 0.1) is 11.4 Å². The van der Waals surface area contributed by atoms with Gasteiger partial charge in [-0.25, -0.2) is 4.98 Å². The molecule has 0 saturated carbocycles. The molecule has 0 aromatic carbocycles. The lowest BCUT2D eigenvalue weighted by Crippen LogP contribution is -2.32. The van der Waals surface area contributed by atoms with Crippen molar-refractivity contribution >= 4 is 5.97 Å². The van der Waals surface area contributed by atoms with Crippen molar-refractivity contribution < 1.29 is 14.4 Å². The molecule has 0 spiro atoms. The quantitative estimate of drug-likeness (QED) is 0.691. The molecule has 0 fully saturated rings. The Kier molecular flexibility index (Phi) is 2.62. The number of aliphatic carboxylic acids is 1. The predicted octanol–water partition coefficient (Wildman–Crippen LogP) is -0.121. The van der Waals surface area contributed by atoms with Crippen LogP contribution in [0.25, 0.3) is 0 Å². The van der Waals surface area contributed by atoms with E-state index in [2.05, 4.69) is 4.98 Å². The van der Waals surface area contributed by atoms with Gasteiger partial charge >= 0.3 is 5.97 Å². The minimum Gasteiger partial charge on any atom is -0.480 e. The summed E-state index contributed by atoms with van der Waals surface area (Å²) in [5.74, 6) is -1.12. The van der Waals surface area contributed by atoms with Crippen LogP contribution in [0.1, 0.15) is 11.4 Å². The molecule has 1 aromatic rings. The second-order valence-corrected chi connectivity index (χ2v) is 2.74. The molecule has 6 heteroatoms. The van der Waals surface area contributed by atoms with E-state index in [4.69, 9.17) is 10.8 Å². The number of halogens is 1. The summed E-state index contributed by atoms with van der Waals surface area (Å²) in [6.07, 6.45) is 1.03. The smallest absolute Gasteiger partial charge is 0.320 e. The van der Waals surface area contributed by atoms with Gasteiger partial charge in [-0.05, 0) is 6.92 Å². The monoisotopic (exact) mass is 187 g/mol. The van der Waals surface area contributed by atoms with Crippen LogP contribution in [0.2, 0.25) is 0 Å². The maximum atomic E-state index is 12.7. The van der Waals surface area contributed by atoms with Crippen molar-refractivity contribution in [2.45, 2.75) is 19.4 Å². The molecule has 3 N–H and O–H groups in total. The number of aromatic nitrogens is 2. The molecule has 1 aromatic heterocycles. The Balaban J connectivity index is 2.74. The van der Waals surface area contributed by atoms with Crippen LogP contribution < -0.4 is 5.73 Å². The molecule has 0 aliphatic carbocycles. The van der Waals surface area contributed by atoms with E-state index in [0.29, 0.717) is 10.5 Å². The third-order valence-electron chi connectivity index (χ3n) is 1.78. The first-order valence-electron chi connectivity index (χ1n) is 3.69. The van der Waals surface area contributed by atoms with Crippen LogP contribution in [-0.2, 0) is 11.2 Å². The predicted molar refractivity (Wildman–Crippen MR) is 42.8 cm³/mol. The number of carboxylic acids is 1. The van der Waals surface area contributed by atoms with E-state index in [0.717, 1.165) is 6.33 Å². The second kappa shape index (κ2) is 3.53. The minimum absolute atomic E-state index is 0.0398. The highest BCUT2D eigenvalue weighted by atomic mass is 19.2. The maximum absolute atomic E-state index is 12.7. The number of carbonyl (C=O) groups is 1.